The van der Waals surface area contributed by atoms with E-state index in [0.29, 0.717) is 5.56 Å². The van der Waals surface area contributed by atoms with Crippen LogP contribution in [0.2, 0.25) is 0 Å². The van der Waals surface area contributed by atoms with Crippen LogP contribution in [0.25, 0.3) is 0 Å². The molecule has 8 heteroatoms. The number of halogens is 3. The molecule has 2 aromatic carbocycles. The molecule has 5 nitrogen and oxygen atoms in total. The van der Waals surface area contributed by atoms with Crippen LogP contribution in [-0.2, 0) is 11.0 Å². The summed E-state index contributed by atoms with van der Waals surface area (Å²) in [7, 11) is 0. The average Bonchev–Trinajstić information content (AvgIpc) is 2.60. The van der Waals surface area contributed by atoms with Gasteiger partial charge in [-0.3, -0.25) is 4.79 Å². The normalized spacial score (nSPS) is 19.6. The van der Waals surface area contributed by atoms with Gasteiger partial charge >= 0.3 is 12.2 Å². The first-order valence-electron chi connectivity index (χ1n) is 8.47. The van der Waals surface area contributed by atoms with Crippen molar-refractivity contribution in [2.45, 2.75) is 19.1 Å². The highest BCUT2D eigenvalue weighted by Gasteiger charge is 2.39. The second-order valence-corrected chi connectivity index (χ2v) is 6.53. The average molecular weight is 389 g/mol. The Morgan fingerprint density at radius 2 is 1.86 bits per heavy atom. The quantitative estimate of drug-likeness (QED) is 0.739. The Labute approximate surface area is 159 Å². The number of alkyl halides is 3. The standard InChI is InChI=1S/C20H18F3N3O2/c1-11-6-5-7-13(10-11)17-16(12(2)24-19(28)26-17)18(27)25-15-9-4-3-8-14(15)20(21,22)23/h3-10,16-17H,2H2,1H3,(H,25,27)(H2,24,26,28)/t16-,17+/m1/s1. The lowest BCUT2D eigenvalue weighted by Crippen LogP contribution is -2.51. The Balaban J connectivity index is 1.94. The van der Waals surface area contributed by atoms with Gasteiger partial charge in [-0.1, -0.05) is 48.5 Å². The van der Waals surface area contributed by atoms with Crippen molar-refractivity contribution in [3.8, 4) is 0 Å². The van der Waals surface area contributed by atoms with Gasteiger partial charge < -0.3 is 16.0 Å². The fraction of sp³-hybridized carbons (Fsp3) is 0.200. The second kappa shape index (κ2) is 7.38. The summed E-state index contributed by atoms with van der Waals surface area (Å²) in [5.74, 6) is -1.71. The second-order valence-electron chi connectivity index (χ2n) is 6.53. The van der Waals surface area contributed by atoms with Gasteiger partial charge in [0.2, 0.25) is 5.91 Å². The van der Waals surface area contributed by atoms with Crippen molar-refractivity contribution < 1.29 is 22.8 Å². The molecule has 2 aromatic rings. The fourth-order valence-corrected chi connectivity index (χ4v) is 3.18. The summed E-state index contributed by atoms with van der Waals surface area (Å²) in [6.45, 7) is 5.58. The number of para-hydroxylation sites is 1. The number of hydrogen-bond donors (Lipinski definition) is 3. The van der Waals surface area contributed by atoms with E-state index in [1.807, 2.05) is 13.0 Å². The van der Waals surface area contributed by atoms with Crippen LogP contribution < -0.4 is 16.0 Å². The van der Waals surface area contributed by atoms with E-state index in [1.165, 1.54) is 18.2 Å². The van der Waals surface area contributed by atoms with E-state index in [2.05, 4.69) is 22.5 Å². The first kappa shape index (κ1) is 19.5. The Morgan fingerprint density at radius 3 is 2.54 bits per heavy atom. The smallest absolute Gasteiger partial charge is 0.330 e. The van der Waals surface area contributed by atoms with Gasteiger partial charge in [-0.25, -0.2) is 4.79 Å². The van der Waals surface area contributed by atoms with Crippen molar-refractivity contribution >= 4 is 17.6 Å². The third kappa shape index (κ3) is 4.00. The van der Waals surface area contributed by atoms with Crippen LogP contribution >= 0.6 is 0 Å². The molecular weight excluding hydrogens is 371 g/mol. The summed E-state index contributed by atoms with van der Waals surface area (Å²) in [6.07, 6.45) is -4.62. The van der Waals surface area contributed by atoms with Gasteiger partial charge in [0.25, 0.3) is 0 Å². The lowest BCUT2D eigenvalue weighted by molar-refractivity contribution is -0.137. The number of aryl methyl sites for hydroxylation is 1. The molecule has 3 N–H and O–H groups in total. The van der Waals surface area contributed by atoms with Crippen molar-refractivity contribution in [3.05, 3.63) is 77.5 Å². The molecule has 1 aliphatic rings. The summed E-state index contributed by atoms with van der Waals surface area (Å²) in [4.78, 5) is 24.8. The Morgan fingerprint density at radius 1 is 1.14 bits per heavy atom. The molecule has 0 unspecified atom stereocenters. The summed E-state index contributed by atoms with van der Waals surface area (Å²) < 4.78 is 39.7. The zero-order valence-corrected chi connectivity index (χ0v) is 14.9. The van der Waals surface area contributed by atoms with Gasteiger partial charge in [0.1, 0.15) is 5.92 Å². The zero-order chi connectivity index (χ0) is 20.5. The van der Waals surface area contributed by atoms with Gasteiger partial charge in [0, 0.05) is 5.70 Å². The van der Waals surface area contributed by atoms with E-state index in [0.717, 1.165) is 11.6 Å². The molecule has 1 saturated heterocycles. The van der Waals surface area contributed by atoms with E-state index < -0.39 is 35.6 Å². The molecular formula is C20H18F3N3O2. The number of amides is 3. The van der Waals surface area contributed by atoms with E-state index in [4.69, 9.17) is 0 Å². The van der Waals surface area contributed by atoms with Gasteiger partial charge in [0.15, 0.2) is 0 Å². The topological polar surface area (TPSA) is 70.2 Å². The predicted molar refractivity (Wildman–Crippen MR) is 98.3 cm³/mol. The molecule has 1 heterocycles. The zero-order valence-electron chi connectivity index (χ0n) is 14.9. The molecule has 146 valence electrons. The predicted octanol–water partition coefficient (Wildman–Crippen LogP) is 4.14. The minimum absolute atomic E-state index is 0.109. The van der Waals surface area contributed by atoms with Crippen molar-refractivity contribution in [1.82, 2.24) is 10.6 Å². The van der Waals surface area contributed by atoms with Gasteiger partial charge in [0.05, 0.1) is 17.3 Å². The molecule has 0 bridgehead atoms. The summed E-state index contributed by atoms with van der Waals surface area (Å²) in [5.41, 5.74) is 0.372. The van der Waals surface area contributed by atoms with Crippen LogP contribution in [0, 0.1) is 12.8 Å². The maximum Gasteiger partial charge on any atom is 0.418 e. The molecule has 3 rings (SSSR count). The Hall–Kier alpha value is -3.29. The minimum atomic E-state index is -4.62. The first-order valence-corrected chi connectivity index (χ1v) is 8.47. The summed E-state index contributed by atoms with van der Waals surface area (Å²) >= 11 is 0. The molecule has 0 aliphatic carbocycles. The van der Waals surface area contributed by atoms with E-state index in [9.17, 15) is 22.8 Å². The van der Waals surface area contributed by atoms with Crippen LogP contribution in [0.5, 0.6) is 0 Å². The number of hydrogen-bond acceptors (Lipinski definition) is 2. The minimum Gasteiger partial charge on any atom is -0.330 e. The van der Waals surface area contributed by atoms with Gasteiger partial charge in [-0.15, -0.1) is 0 Å². The van der Waals surface area contributed by atoms with Crippen molar-refractivity contribution in [1.29, 1.82) is 0 Å². The molecule has 0 aromatic heterocycles. The molecule has 0 radical (unpaired) electrons. The van der Waals surface area contributed by atoms with Crippen LogP contribution in [0.3, 0.4) is 0 Å². The maximum absolute atomic E-state index is 13.2. The van der Waals surface area contributed by atoms with E-state index >= 15 is 0 Å². The van der Waals surface area contributed by atoms with Crippen molar-refractivity contribution in [2.75, 3.05) is 5.32 Å². The Bertz CT molecular complexity index is 940. The summed E-state index contributed by atoms with van der Waals surface area (Å²) in [5, 5.41) is 7.42. The highest BCUT2D eigenvalue weighted by atomic mass is 19.4. The molecule has 2 atom stereocenters. The van der Waals surface area contributed by atoms with Gasteiger partial charge in [-0.05, 0) is 24.6 Å². The van der Waals surface area contributed by atoms with Crippen LogP contribution in [-0.4, -0.2) is 11.9 Å². The first-order chi connectivity index (χ1) is 13.2. The number of anilines is 1. The third-order valence-corrected chi connectivity index (χ3v) is 4.44. The number of rotatable bonds is 3. The molecule has 3 amide bonds. The van der Waals surface area contributed by atoms with Crippen LogP contribution in [0.4, 0.5) is 23.7 Å². The SMILES string of the molecule is C=C1NC(=O)N[C@@H](c2cccc(C)c2)[C@@H]1C(=O)Nc1ccccc1C(F)(F)F. The Kier molecular flexibility index (Phi) is 5.13. The van der Waals surface area contributed by atoms with E-state index in [-0.39, 0.29) is 11.4 Å². The van der Waals surface area contributed by atoms with E-state index in [1.54, 1.807) is 18.2 Å². The number of carbonyl (C=O) groups is 2. The monoisotopic (exact) mass is 389 g/mol. The lowest BCUT2D eigenvalue weighted by Gasteiger charge is -2.34. The lowest BCUT2D eigenvalue weighted by atomic mass is 9.87. The molecule has 28 heavy (non-hydrogen) atoms. The van der Waals surface area contributed by atoms with Gasteiger partial charge in [-0.2, -0.15) is 13.2 Å². The van der Waals surface area contributed by atoms with Crippen molar-refractivity contribution in [3.63, 3.8) is 0 Å². The largest absolute Gasteiger partial charge is 0.418 e. The van der Waals surface area contributed by atoms with Crippen LogP contribution in [0.1, 0.15) is 22.7 Å². The summed E-state index contributed by atoms with van der Waals surface area (Å²) in [6, 6.07) is 10.6. The maximum atomic E-state index is 13.2. The number of carbonyl (C=O) groups excluding carboxylic acids is 2. The van der Waals surface area contributed by atoms with Crippen molar-refractivity contribution in [2.24, 2.45) is 5.92 Å². The molecule has 1 aliphatic heterocycles. The number of benzene rings is 2. The molecule has 1 fully saturated rings. The molecule has 0 saturated carbocycles. The highest BCUT2D eigenvalue weighted by Crippen LogP contribution is 2.36. The van der Waals surface area contributed by atoms with Crippen LogP contribution in [0.15, 0.2) is 60.8 Å². The number of urea groups is 1. The number of nitrogens with one attached hydrogen (secondary N) is 3. The fourth-order valence-electron chi connectivity index (χ4n) is 3.18. The molecule has 0 spiro atoms. The highest BCUT2D eigenvalue weighted by molar-refractivity contribution is 5.97. The third-order valence-electron chi connectivity index (χ3n) is 4.44.